The Morgan fingerprint density at radius 2 is 1.79 bits per heavy atom. The van der Waals surface area contributed by atoms with Crippen molar-refractivity contribution in [1.29, 1.82) is 0 Å². The van der Waals surface area contributed by atoms with Gasteiger partial charge < -0.3 is 11.1 Å². The van der Waals surface area contributed by atoms with Crippen LogP contribution in [0.4, 0.5) is 11.5 Å². The fourth-order valence-electron chi connectivity index (χ4n) is 3.53. The molecule has 176 valence electrons. The average molecular weight is 518 g/mol. The third-order valence-electron chi connectivity index (χ3n) is 5.23. The van der Waals surface area contributed by atoms with E-state index >= 15 is 0 Å². The molecule has 0 aliphatic carbocycles. The van der Waals surface area contributed by atoms with E-state index in [2.05, 4.69) is 20.2 Å². The van der Waals surface area contributed by atoms with Gasteiger partial charge in [-0.05, 0) is 61.0 Å². The average Bonchev–Trinajstić information content (AvgIpc) is 3.21. The normalized spacial score (nSPS) is 12.4. The van der Waals surface area contributed by atoms with Crippen LogP contribution in [0.1, 0.15) is 17.9 Å². The van der Waals surface area contributed by atoms with E-state index in [0.29, 0.717) is 45.2 Å². The number of nitrogens with zero attached hydrogens (tertiary/aromatic N) is 1. The lowest BCUT2D eigenvalue weighted by Gasteiger charge is -2.17. The molecule has 0 aliphatic rings. The number of carbonyl (C=O) groups is 1. The molecule has 0 saturated heterocycles. The van der Waals surface area contributed by atoms with E-state index in [0.717, 1.165) is 0 Å². The second-order valence-corrected chi connectivity index (χ2v) is 10.0. The predicted molar refractivity (Wildman–Crippen MR) is 135 cm³/mol. The molecule has 1 aromatic heterocycles. The van der Waals surface area contributed by atoms with Gasteiger partial charge >= 0.3 is 0 Å². The third-order valence-corrected chi connectivity index (χ3v) is 7.33. The van der Waals surface area contributed by atoms with Crippen LogP contribution < -0.4 is 15.8 Å². The van der Waals surface area contributed by atoms with E-state index in [9.17, 15) is 13.2 Å². The molecular formula is C23H21Cl2N5O3S. The number of hydrogen-bond acceptors (Lipinski definition) is 5. The number of halogens is 2. The van der Waals surface area contributed by atoms with Gasteiger partial charge in [0, 0.05) is 11.1 Å². The molecule has 8 nitrogen and oxygen atoms in total. The summed E-state index contributed by atoms with van der Waals surface area (Å²) in [6.07, 6.45) is 0.403. The van der Waals surface area contributed by atoms with E-state index in [1.54, 1.807) is 54.6 Å². The molecule has 11 heteroatoms. The van der Waals surface area contributed by atoms with Crippen LogP contribution in [0.5, 0.6) is 0 Å². The van der Waals surface area contributed by atoms with Crippen LogP contribution in [0.15, 0.2) is 71.6 Å². The number of rotatable bonds is 8. The standard InChI is InChI=1S/C23H21Cl2N5O3S/c24-19-8-6-14(12-20(19)25)17(10-11-26)23(31)27-15-7-9-21-18(13-15)22(29-28-21)30-34(32,33)16-4-2-1-3-5-16/h1-9,12-13,17H,10-11,26H2,(H,27,31)(H2,28,29,30). The number of H-pyrrole nitrogens is 1. The van der Waals surface area contributed by atoms with Gasteiger partial charge in [-0.1, -0.05) is 47.5 Å². The lowest BCUT2D eigenvalue weighted by Crippen LogP contribution is -2.23. The van der Waals surface area contributed by atoms with Crippen molar-refractivity contribution in [2.45, 2.75) is 17.2 Å². The van der Waals surface area contributed by atoms with Crippen molar-refractivity contribution in [2.24, 2.45) is 5.73 Å². The molecule has 4 aromatic rings. The molecule has 1 amide bonds. The highest BCUT2D eigenvalue weighted by atomic mass is 35.5. The summed E-state index contributed by atoms with van der Waals surface area (Å²) < 4.78 is 27.9. The van der Waals surface area contributed by atoms with Gasteiger partial charge in [0.05, 0.1) is 26.4 Å². The number of anilines is 2. The molecule has 0 aliphatic heterocycles. The van der Waals surface area contributed by atoms with Crippen LogP contribution >= 0.6 is 23.2 Å². The third kappa shape index (κ3) is 5.18. The molecule has 0 bridgehead atoms. The van der Waals surface area contributed by atoms with Gasteiger partial charge in [-0.2, -0.15) is 5.10 Å². The Hall–Kier alpha value is -3.11. The van der Waals surface area contributed by atoms with Gasteiger partial charge in [0.15, 0.2) is 5.82 Å². The van der Waals surface area contributed by atoms with Crippen molar-refractivity contribution in [3.8, 4) is 0 Å². The summed E-state index contributed by atoms with van der Waals surface area (Å²) in [6, 6.07) is 18.1. The van der Waals surface area contributed by atoms with Crippen LogP contribution in [0.2, 0.25) is 10.0 Å². The zero-order chi connectivity index (χ0) is 24.3. The van der Waals surface area contributed by atoms with Gasteiger partial charge in [0.2, 0.25) is 5.91 Å². The number of carbonyl (C=O) groups excluding carboxylic acids is 1. The molecule has 4 rings (SSSR count). The number of aromatic amines is 1. The first-order valence-electron chi connectivity index (χ1n) is 10.3. The minimum Gasteiger partial charge on any atom is -0.330 e. The number of amides is 1. The second-order valence-electron chi connectivity index (χ2n) is 7.54. The molecule has 1 heterocycles. The Bertz CT molecular complexity index is 1440. The number of benzene rings is 3. The fourth-order valence-corrected chi connectivity index (χ4v) is 4.88. The predicted octanol–water partition coefficient (Wildman–Crippen LogP) is 4.74. The smallest absolute Gasteiger partial charge is 0.263 e. The van der Waals surface area contributed by atoms with Crippen LogP contribution in [-0.2, 0) is 14.8 Å². The first kappa shape index (κ1) is 24.0. The highest BCUT2D eigenvalue weighted by Crippen LogP contribution is 2.30. The molecular weight excluding hydrogens is 497 g/mol. The van der Waals surface area contributed by atoms with Crippen molar-refractivity contribution in [1.82, 2.24) is 10.2 Å². The maximum absolute atomic E-state index is 13.1. The molecule has 1 atom stereocenters. The Morgan fingerprint density at radius 3 is 2.50 bits per heavy atom. The van der Waals surface area contributed by atoms with E-state index in [4.69, 9.17) is 28.9 Å². The summed E-state index contributed by atoms with van der Waals surface area (Å²) in [4.78, 5) is 13.2. The van der Waals surface area contributed by atoms with Gasteiger partial charge in [0.25, 0.3) is 10.0 Å². The minimum atomic E-state index is -3.83. The van der Waals surface area contributed by atoms with Crippen LogP contribution in [0, 0.1) is 0 Å². The molecule has 1 unspecified atom stereocenters. The highest BCUT2D eigenvalue weighted by molar-refractivity contribution is 7.92. The SMILES string of the molecule is NCCC(C(=O)Nc1ccc2[nH]nc(NS(=O)(=O)c3ccccc3)c2c1)c1ccc(Cl)c(Cl)c1. The maximum Gasteiger partial charge on any atom is 0.263 e. The summed E-state index contributed by atoms with van der Waals surface area (Å²) in [5.74, 6) is -0.702. The summed E-state index contributed by atoms with van der Waals surface area (Å²) in [5.41, 5.74) is 7.51. The van der Waals surface area contributed by atoms with E-state index in [1.807, 2.05) is 0 Å². The number of hydrogen-bond donors (Lipinski definition) is 4. The fraction of sp³-hybridized carbons (Fsp3) is 0.130. The van der Waals surface area contributed by atoms with Gasteiger partial charge in [0.1, 0.15) is 0 Å². The molecule has 0 radical (unpaired) electrons. The lowest BCUT2D eigenvalue weighted by atomic mass is 9.94. The molecule has 0 spiro atoms. The van der Waals surface area contributed by atoms with Crippen molar-refractivity contribution < 1.29 is 13.2 Å². The number of nitrogens with two attached hydrogens (primary N) is 1. The summed E-state index contributed by atoms with van der Waals surface area (Å²) in [6.45, 7) is 0.296. The van der Waals surface area contributed by atoms with Crippen LogP contribution in [-0.4, -0.2) is 31.1 Å². The van der Waals surface area contributed by atoms with Crippen LogP contribution in [0.25, 0.3) is 10.9 Å². The summed E-state index contributed by atoms with van der Waals surface area (Å²) in [5, 5.41) is 11.0. The van der Waals surface area contributed by atoms with E-state index < -0.39 is 15.9 Å². The summed E-state index contributed by atoms with van der Waals surface area (Å²) >= 11 is 12.1. The van der Waals surface area contributed by atoms with Gasteiger partial charge in [-0.3, -0.25) is 14.6 Å². The topological polar surface area (TPSA) is 130 Å². The maximum atomic E-state index is 13.1. The number of nitrogens with one attached hydrogen (secondary N) is 3. The summed E-state index contributed by atoms with van der Waals surface area (Å²) in [7, 11) is -3.83. The molecule has 3 aromatic carbocycles. The Kier molecular flexibility index (Phi) is 7.08. The van der Waals surface area contributed by atoms with Crippen molar-refractivity contribution in [3.63, 3.8) is 0 Å². The highest BCUT2D eigenvalue weighted by Gasteiger charge is 2.22. The largest absolute Gasteiger partial charge is 0.330 e. The second kappa shape index (κ2) is 10.0. The Morgan fingerprint density at radius 1 is 1.03 bits per heavy atom. The van der Waals surface area contributed by atoms with Crippen molar-refractivity contribution >= 4 is 61.5 Å². The zero-order valence-corrected chi connectivity index (χ0v) is 20.1. The molecule has 0 fully saturated rings. The minimum absolute atomic E-state index is 0.113. The Balaban J connectivity index is 1.60. The van der Waals surface area contributed by atoms with Crippen molar-refractivity contribution in [2.75, 3.05) is 16.6 Å². The van der Waals surface area contributed by atoms with Gasteiger partial charge in [-0.25, -0.2) is 8.42 Å². The number of fused-ring (bicyclic) bond motifs is 1. The van der Waals surface area contributed by atoms with Gasteiger partial charge in [-0.15, -0.1) is 0 Å². The lowest BCUT2D eigenvalue weighted by molar-refractivity contribution is -0.117. The van der Waals surface area contributed by atoms with E-state index in [-0.39, 0.29) is 16.6 Å². The Labute approximate surface area is 206 Å². The number of aromatic nitrogens is 2. The monoisotopic (exact) mass is 517 g/mol. The first-order chi connectivity index (χ1) is 16.3. The number of sulfonamides is 1. The zero-order valence-electron chi connectivity index (χ0n) is 17.8. The quantitative estimate of drug-likeness (QED) is 0.268. The first-order valence-corrected chi connectivity index (χ1v) is 12.5. The molecule has 0 saturated carbocycles. The molecule has 5 N–H and O–H groups in total. The van der Waals surface area contributed by atoms with E-state index in [1.165, 1.54) is 12.1 Å². The molecule has 34 heavy (non-hydrogen) atoms. The van der Waals surface area contributed by atoms with Crippen LogP contribution in [0.3, 0.4) is 0 Å². The van der Waals surface area contributed by atoms with Crippen molar-refractivity contribution in [3.05, 3.63) is 82.3 Å².